The number of carbonyl (C=O) groups is 1. The van der Waals surface area contributed by atoms with Gasteiger partial charge < -0.3 is 15.0 Å². The number of hydrogen-bond acceptors (Lipinski definition) is 5. The van der Waals surface area contributed by atoms with Gasteiger partial charge in [0.1, 0.15) is 11.6 Å². The number of amides is 1. The van der Waals surface area contributed by atoms with Crippen molar-refractivity contribution in [2.24, 2.45) is 0 Å². The predicted octanol–water partition coefficient (Wildman–Crippen LogP) is 3.20. The lowest BCUT2D eigenvalue weighted by Crippen LogP contribution is -2.38. The summed E-state index contributed by atoms with van der Waals surface area (Å²) in [6, 6.07) is 6.41. The van der Waals surface area contributed by atoms with Gasteiger partial charge in [0.05, 0.1) is 35.4 Å². The third-order valence-corrected chi connectivity index (χ3v) is 4.56. The lowest BCUT2D eigenvalue weighted by molar-refractivity contribution is -0.384. The highest BCUT2D eigenvalue weighted by Crippen LogP contribution is 2.27. The Morgan fingerprint density at radius 3 is 2.57 bits per heavy atom. The van der Waals surface area contributed by atoms with E-state index < -0.39 is 28.5 Å². The zero-order valence-corrected chi connectivity index (χ0v) is 15.2. The van der Waals surface area contributed by atoms with Crippen molar-refractivity contribution in [1.29, 1.82) is 0 Å². The highest BCUT2D eigenvalue weighted by atomic mass is 19.1. The molecular formula is C19H19F2N3O4. The number of rotatable bonds is 5. The molecule has 1 atom stereocenters. The van der Waals surface area contributed by atoms with Crippen molar-refractivity contribution in [1.82, 2.24) is 5.32 Å². The molecule has 0 aliphatic carbocycles. The quantitative estimate of drug-likeness (QED) is 0.625. The molecule has 148 valence electrons. The summed E-state index contributed by atoms with van der Waals surface area (Å²) >= 11 is 0. The van der Waals surface area contributed by atoms with Gasteiger partial charge in [-0.2, -0.15) is 0 Å². The first-order valence-electron chi connectivity index (χ1n) is 8.74. The Balaban J connectivity index is 1.90. The fourth-order valence-electron chi connectivity index (χ4n) is 3.10. The number of anilines is 1. The van der Waals surface area contributed by atoms with Gasteiger partial charge in [-0.15, -0.1) is 0 Å². The van der Waals surface area contributed by atoms with Crippen LogP contribution in [0.2, 0.25) is 0 Å². The molecule has 1 N–H and O–H groups in total. The minimum absolute atomic E-state index is 0.116. The van der Waals surface area contributed by atoms with E-state index in [2.05, 4.69) is 5.32 Å². The van der Waals surface area contributed by atoms with Crippen LogP contribution in [-0.4, -0.2) is 37.1 Å². The van der Waals surface area contributed by atoms with E-state index in [0.29, 0.717) is 32.0 Å². The molecule has 7 nitrogen and oxygen atoms in total. The second-order valence-corrected chi connectivity index (χ2v) is 6.42. The first-order valence-corrected chi connectivity index (χ1v) is 8.74. The van der Waals surface area contributed by atoms with Crippen LogP contribution < -0.4 is 10.2 Å². The summed E-state index contributed by atoms with van der Waals surface area (Å²) in [5, 5.41) is 13.8. The summed E-state index contributed by atoms with van der Waals surface area (Å²) in [5.74, 6) is -2.07. The van der Waals surface area contributed by atoms with Crippen LogP contribution in [0.3, 0.4) is 0 Å². The first kappa shape index (κ1) is 19.7. The standard InChI is InChI=1S/C19H19F2N3O4/c1-12(15-4-2-13(20)10-17(15)21)22-19(25)16-11-14(24(26)27)3-5-18(16)23-6-8-28-9-7-23/h2-5,10-12H,6-9H2,1H3,(H,22,25). The smallest absolute Gasteiger partial charge is 0.270 e. The molecule has 2 aromatic carbocycles. The zero-order valence-electron chi connectivity index (χ0n) is 15.2. The Morgan fingerprint density at radius 1 is 1.21 bits per heavy atom. The maximum absolute atomic E-state index is 14.0. The molecule has 1 heterocycles. The van der Waals surface area contributed by atoms with E-state index in [-0.39, 0.29) is 16.8 Å². The number of carbonyl (C=O) groups excluding carboxylic acids is 1. The Labute approximate surface area is 160 Å². The molecule has 0 aromatic heterocycles. The first-order chi connectivity index (χ1) is 13.4. The molecule has 0 spiro atoms. The third-order valence-electron chi connectivity index (χ3n) is 4.56. The van der Waals surface area contributed by atoms with E-state index in [1.165, 1.54) is 24.3 Å². The van der Waals surface area contributed by atoms with Crippen LogP contribution in [0.5, 0.6) is 0 Å². The number of nitrogens with one attached hydrogen (secondary N) is 1. The fourth-order valence-corrected chi connectivity index (χ4v) is 3.10. The Kier molecular flexibility index (Phi) is 5.84. The Morgan fingerprint density at radius 2 is 1.93 bits per heavy atom. The molecule has 0 radical (unpaired) electrons. The van der Waals surface area contributed by atoms with Gasteiger partial charge in [0.2, 0.25) is 0 Å². The summed E-state index contributed by atoms with van der Waals surface area (Å²) in [5.41, 5.74) is 0.555. The number of benzene rings is 2. The van der Waals surface area contributed by atoms with Crippen LogP contribution in [0, 0.1) is 21.7 Å². The van der Waals surface area contributed by atoms with Crippen LogP contribution in [0.15, 0.2) is 36.4 Å². The topological polar surface area (TPSA) is 84.7 Å². The van der Waals surface area contributed by atoms with E-state index in [1.54, 1.807) is 6.92 Å². The van der Waals surface area contributed by atoms with Crippen molar-refractivity contribution in [3.8, 4) is 0 Å². The van der Waals surface area contributed by atoms with Crippen molar-refractivity contribution >= 4 is 17.3 Å². The van der Waals surface area contributed by atoms with Gasteiger partial charge in [-0.1, -0.05) is 6.07 Å². The lowest BCUT2D eigenvalue weighted by Gasteiger charge is -2.30. The lowest BCUT2D eigenvalue weighted by atomic mass is 10.1. The normalized spacial score (nSPS) is 15.2. The van der Waals surface area contributed by atoms with Crippen molar-refractivity contribution in [3.05, 3.63) is 69.3 Å². The van der Waals surface area contributed by atoms with Crippen molar-refractivity contribution < 1.29 is 23.2 Å². The van der Waals surface area contributed by atoms with Crippen LogP contribution in [0.1, 0.15) is 28.9 Å². The van der Waals surface area contributed by atoms with E-state index >= 15 is 0 Å². The molecule has 1 fully saturated rings. The molecule has 3 rings (SSSR count). The summed E-state index contributed by atoms with van der Waals surface area (Å²) in [4.78, 5) is 25.3. The highest BCUT2D eigenvalue weighted by molar-refractivity contribution is 6.00. The van der Waals surface area contributed by atoms with Gasteiger partial charge in [-0.3, -0.25) is 14.9 Å². The minimum Gasteiger partial charge on any atom is -0.378 e. The van der Waals surface area contributed by atoms with E-state index in [0.717, 1.165) is 12.1 Å². The van der Waals surface area contributed by atoms with Gasteiger partial charge in [-0.05, 0) is 19.1 Å². The van der Waals surface area contributed by atoms with E-state index in [1.807, 2.05) is 4.90 Å². The molecule has 9 heteroatoms. The molecule has 1 saturated heterocycles. The molecule has 2 aromatic rings. The van der Waals surface area contributed by atoms with Gasteiger partial charge in [-0.25, -0.2) is 8.78 Å². The van der Waals surface area contributed by atoms with Gasteiger partial charge in [0.15, 0.2) is 0 Å². The number of hydrogen-bond donors (Lipinski definition) is 1. The summed E-state index contributed by atoms with van der Waals surface area (Å²) < 4.78 is 32.4. The van der Waals surface area contributed by atoms with Crippen LogP contribution in [-0.2, 0) is 4.74 Å². The highest BCUT2D eigenvalue weighted by Gasteiger charge is 2.24. The number of halogens is 2. The third kappa shape index (κ3) is 4.25. The van der Waals surface area contributed by atoms with E-state index in [4.69, 9.17) is 4.74 Å². The average Bonchev–Trinajstić information content (AvgIpc) is 2.68. The summed E-state index contributed by atoms with van der Waals surface area (Å²) in [7, 11) is 0. The molecule has 1 aliphatic rings. The number of nitro groups is 1. The maximum atomic E-state index is 14.0. The van der Waals surface area contributed by atoms with Crippen LogP contribution >= 0.6 is 0 Å². The molecule has 1 aliphatic heterocycles. The molecule has 28 heavy (non-hydrogen) atoms. The fraction of sp³-hybridized carbons (Fsp3) is 0.316. The minimum atomic E-state index is -0.778. The molecule has 0 bridgehead atoms. The average molecular weight is 391 g/mol. The SMILES string of the molecule is CC(NC(=O)c1cc([N+](=O)[O-])ccc1N1CCOCC1)c1ccc(F)cc1F. The maximum Gasteiger partial charge on any atom is 0.270 e. The molecule has 0 saturated carbocycles. The summed E-state index contributed by atoms with van der Waals surface area (Å²) in [6.45, 7) is 3.60. The second-order valence-electron chi connectivity index (χ2n) is 6.42. The van der Waals surface area contributed by atoms with Crippen LogP contribution in [0.4, 0.5) is 20.2 Å². The number of nitro benzene ring substituents is 1. The zero-order chi connectivity index (χ0) is 20.3. The monoisotopic (exact) mass is 391 g/mol. The number of non-ortho nitro benzene ring substituents is 1. The number of nitrogens with zero attached hydrogens (tertiary/aromatic N) is 2. The number of ether oxygens (including phenoxy) is 1. The Bertz CT molecular complexity index is 901. The number of morpholine rings is 1. The van der Waals surface area contributed by atoms with Crippen LogP contribution in [0.25, 0.3) is 0 Å². The van der Waals surface area contributed by atoms with E-state index in [9.17, 15) is 23.7 Å². The van der Waals surface area contributed by atoms with Crippen molar-refractivity contribution in [2.45, 2.75) is 13.0 Å². The Hall–Kier alpha value is -3.07. The molecular weight excluding hydrogens is 372 g/mol. The largest absolute Gasteiger partial charge is 0.378 e. The summed E-state index contributed by atoms with van der Waals surface area (Å²) in [6.07, 6.45) is 0. The molecule has 1 unspecified atom stereocenters. The van der Waals surface area contributed by atoms with Crippen molar-refractivity contribution in [2.75, 3.05) is 31.2 Å². The van der Waals surface area contributed by atoms with Gasteiger partial charge >= 0.3 is 0 Å². The predicted molar refractivity (Wildman–Crippen MR) is 98.4 cm³/mol. The van der Waals surface area contributed by atoms with Crippen molar-refractivity contribution in [3.63, 3.8) is 0 Å². The molecule has 1 amide bonds. The van der Waals surface area contributed by atoms with Gasteiger partial charge in [0, 0.05) is 36.9 Å². The van der Waals surface area contributed by atoms with Gasteiger partial charge in [0.25, 0.3) is 11.6 Å². The second kappa shape index (κ2) is 8.30.